The van der Waals surface area contributed by atoms with E-state index in [1.807, 2.05) is 19.2 Å². The smallest absolute Gasteiger partial charge is 0.255 e. The molecule has 6 nitrogen and oxygen atoms in total. The molecule has 3 N–H and O–H groups in total. The van der Waals surface area contributed by atoms with Gasteiger partial charge in [0.25, 0.3) is 5.91 Å². The molecular formula is C18H29Cl2N3O3. The largest absolute Gasteiger partial charge is 0.493 e. The van der Waals surface area contributed by atoms with E-state index in [-0.39, 0.29) is 19.0 Å². The van der Waals surface area contributed by atoms with Crippen molar-refractivity contribution in [2.45, 2.75) is 25.8 Å². The Morgan fingerprint density at radius 2 is 2.08 bits per heavy atom. The van der Waals surface area contributed by atoms with E-state index in [4.69, 9.17) is 26.8 Å². The molecule has 1 aromatic carbocycles. The van der Waals surface area contributed by atoms with E-state index in [0.29, 0.717) is 16.5 Å². The fourth-order valence-electron chi connectivity index (χ4n) is 3.19. The Morgan fingerprint density at radius 3 is 2.65 bits per heavy atom. The van der Waals surface area contributed by atoms with Gasteiger partial charge in [0.05, 0.1) is 12.1 Å². The van der Waals surface area contributed by atoms with Gasteiger partial charge in [-0.05, 0) is 69.6 Å². The zero-order chi connectivity index (χ0) is 18.2. The van der Waals surface area contributed by atoms with Crippen LogP contribution in [0.15, 0.2) is 12.1 Å². The highest BCUT2D eigenvalue weighted by atomic mass is 35.5. The minimum Gasteiger partial charge on any atom is -0.493 e. The topological polar surface area (TPSA) is 76.8 Å². The summed E-state index contributed by atoms with van der Waals surface area (Å²) in [5.74, 6) is 1.14. The zero-order valence-corrected chi connectivity index (χ0v) is 17.0. The number of piperidine rings is 1. The van der Waals surface area contributed by atoms with Crippen molar-refractivity contribution in [2.75, 3.05) is 40.4 Å². The van der Waals surface area contributed by atoms with E-state index < -0.39 is 5.91 Å². The van der Waals surface area contributed by atoms with Gasteiger partial charge in [0, 0.05) is 6.54 Å². The van der Waals surface area contributed by atoms with Crippen molar-refractivity contribution in [2.24, 2.45) is 11.7 Å². The highest BCUT2D eigenvalue weighted by Gasteiger charge is 2.20. The van der Waals surface area contributed by atoms with E-state index in [0.717, 1.165) is 37.7 Å². The molecule has 26 heavy (non-hydrogen) atoms. The predicted molar refractivity (Wildman–Crippen MR) is 106 cm³/mol. The number of rotatable bonds is 9. The van der Waals surface area contributed by atoms with Crippen molar-refractivity contribution in [3.8, 4) is 11.5 Å². The molecule has 0 saturated carbocycles. The number of halogens is 2. The number of carbonyl (C=O) groups is 1. The molecule has 1 fully saturated rings. The van der Waals surface area contributed by atoms with Crippen molar-refractivity contribution < 1.29 is 14.3 Å². The molecule has 2 rings (SSSR count). The third-order valence-corrected chi connectivity index (χ3v) is 4.84. The molecule has 0 radical (unpaired) electrons. The van der Waals surface area contributed by atoms with Crippen LogP contribution >= 0.6 is 24.0 Å². The van der Waals surface area contributed by atoms with Crippen LogP contribution in [0.1, 0.15) is 24.8 Å². The maximum Gasteiger partial charge on any atom is 0.255 e. The third kappa shape index (κ3) is 6.83. The standard InChI is InChI=1S/C18H28ClN3O3.ClH/c1-21-6-3-13-4-7-22(8-5-13)11-14-9-15(19)18(16(10-14)24-2)25-12-17(20)23;/h9-10,13,21H,3-8,11-12H2,1-2H3,(H2,20,23);1H. The number of hydrogen-bond donors (Lipinski definition) is 2. The number of nitrogens with zero attached hydrogens (tertiary/aromatic N) is 1. The van der Waals surface area contributed by atoms with Crippen LogP contribution in [0.4, 0.5) is 0 Å². The van der Waals surface area contributed by atoms with Crippen molar-refractivity contribution in [1.29, 1.82) is 0 Å². The minimum atomic E-state index is -0.552. The average Bonchev–Trinajstić information content (AvgIpc) is 2.59. The fourth-order valence-corrected chi connectivity index (χ4v) is 3.48. The maximum atomic E-state index is 10.9. The number of nitrogens with two attached hydrogens (primary N) is 1. The highest BCUT2D eigenvalue weighted by molar-refractivity contribution is 6.32. The van der Waals surface area contributed by atoms with Crippen molar-refractivity contribution >= 4 is 29.9 Å². The van der Waals surface area contributed by atoms with Gasteiger partial charge in [0.1, 0.15) is 0 Å². The minimum absolute atomic E-state index is 0. The molecule has 0 bridgehead atoms. The molecule has 148 valence electrons. The molecule has 0 aliphatic carbocycles. The van der Waals surface area contributed by atoms with E-state index in [9.17, 15) is 4.79 Å². The normalized spacial score (nSPS) is 15.3. The summed E-state index contributed by atoms with van der Waals surface area (Å²) in [4.78, 5) is 13.3. The fraction of sp³-hybridized carbons (Fsp3) is 0.611. The van der Waals surface area contributed by atoms with E-state index >= 15 is 0 Å². The SMILES string of the molecule is CNCCC1CCN(Cc2cc(Cl)c(OCC(N)=O)c(OC)c2)CC1.Cl. The van der Waals surface area contributed by atoms with Crippen molar-refractivity contribution in [3.63, 3.8) is 0 Å². The first kappa shape index (κ1) is 22.8. The third-order valence-electron chi connectivity index (χ3n) is 4.56. The van der Waals surface area contributed by atoms with Gasteiger partial charge in [-0.25, -0.2) is 0 Å². The Labute approximate surface area is 166 Å². The van der Waals surface area contributed by atoms with Gasteiger partial charge < -0.3 is 20.5 Å². The van der Waals surface area contributed by atoms with Gasteiger partial charge in [-0.1, -0.05) is 11.6 Å². The molecule has 1 saturated heterocycles. The van der Waals surface area contributed by atoms with E-state index in [1.54, 1.807) is 7.11 Å². The molecule has 1 aliphatic heterocycles. The van der Waals surface area contributed by atoms with Crippen LogP contribution in [0.25, 0.3) is 0 Å². The van der Waals surface area contributed by atoms with E-state index in [2.05, 4.69) is 10.2 Å². The molecule has 8 heteroatoms. The highest BCUT2D eigenvalue weighted by Crippen LogP contribution is 2.37. The summed E-state index contributed by atoms with van der Waals surface area (Å²) in [6, 6.07) is 3.78. The van der Waals surface area contributed by atoms with Crippen LogP contribution in [-0.4, -0.2) is 51.2 Å². The monoisotopic (exact) mass is 405 g/mol. The molecule has 0 aromatic heterocycles. The molecule has 1 aliphatic rings. The lowest BCUT2D eigenvalue weighted by atomic mass is 9.93. The van der Waals surface area contributed by atoms with Crippen LogP contribution < -0.4 is 20.5 Å². The average molecular weight is 406 g/mol. The molecular weight excluding hydrogens is 377 g/mol. The summed E-state index contributed by atoms with van der Waals surface area (Å²) < 4.78 is 10.7. The zero-order valence-electron chi connectivity index (χ0n) is 15.4. The summed E-state index contributed by atoms with van der Waals surface area (Å²) in [6.07, 6.45) is 3.70. The lowest BCUT2D eigenvalue weighted by molar-refractivity contribution is -0.119. The number of amides is 1. The van der Waals surface area contributed by atoms with Gasteiger partial charge in [-0.3, -0.25) is 9.69 Å². The molecule has 1 amide bonds. The summed E-state index contributed by atoms with van der Waals surface area (Å²) >= 11 is 6.31. The number of likely N-dealkylation sites (tertiary alicyclic amines) is 1. The summed E-state index contributed by atoms with van der Waals surface area (Å²) in [5.41, 5.74) is 6.19. The number of benzene rings is 1. The summed E-state index contributed by atoms with van der Waals surface area (Å²) in [6.45, 7) is 3.87. The Hall–Kier alpha value is -1.21. The Morgan fingerprint density at radius 1 is 1.38 bits per heavy atom. The second kappa shape index (κ2) is 11.5. The Bertz CT molecular complexity index is 579. The van der Waals surface area contributed by atoms with Gasteiger partial charge in [0.15, 0.2) is 18.1 Å². The van der Waals surface area contributed by atoms with Crippen molar-refractivity contribution in [1.82, 2.24) is 10.2 Å². The molecule has 1 heterocycles. The number of hydrogen-bond acceptors (Lipinski definition) is 5. The van der Waals surface area contributed by atoms with Gasteiger partial charge >= 0.3 is 0 Å². The second-order valence-corrected chi connectivity index (χ2v) is 6.88. The maximum absolute atomic E-state index is 10.9. The first-order valence-electron chi connectivity index (χ1n) is 8.68. The number of methoxy groups -OCH3 is 1. The molecule has 0 spiro atoms. The van der Waals surface area contributed by atoms with Crippen LogP contribution in [0.5, 0.6) is 11.5 Å². The molecule has 0 atom stereocenters. The number of ether oxygens (including phenoxy) is 2. The molecule has 0 unspecified atom stereocenters. The number of nitrogens with one attached hydrogen (secondary N) is 1. The predicted octanol–water partition coefficient (Wildman–Crippen LogP) is 2.46. The Balaban J connectivity index is 0.00000338. The molecule has 1 aromatic rings. The summed E-state index contributed by atoms with van der Waals surface area (Å²) in [5, 5.41) is 3.65. The second-order valence-electron chi connectivity index (χ2n) is 6.48. The van der Waals surface area contributed by atoms with Crippen LogP contribution in [-0.2, 0) is 11.3 Å². The first-order chi connectivity index (χ1) is 12.0. The first-order valence-corrected chi connectivity index (χ1v) is 9.05. The van der Waals surface area contributed by atoms with Gasteiger partial charge in [0.2, 0.25) is 0 Å². The van der Waals surface area contributed by atoms with Crippen molar-refractivity contribution in [3.05, 3.63) is 22.7 Å². The number of primary amides is 1. The van der Waals surface area contributed by atoms with Gasteiger partial charge in [-0.15, -0.1) is 12.4 Å². The summed E-state index contributed by atoms with van der Waals surface area (Å²) in [7, 11) is 3.56. The van der Waals surface area contributed by atoms with Crippen LogP contribution in [0.2, 0.25) is 5.02 Å². The quantitative estimate of drug-likeness (QED) is 0.659. The lowest BCUT2D eigenvalue weighted by Crippen LogP contribution is -2.34. The van der Waals surface area contributed by atoms with Crippen LogP contribution in [0.3, 0.4) is 0 Å². The lowest BCUT2D eigenvalue weighted by Gasteiger charge is -2.32. The van der Waals surface area contributed by atoms with E-state index in [1.165, 1.54) is 19.3 Å². The Kier molecular flexibility index (Phi) is 10.1. The van der Waals surface area contributed by atoms with Gasteiger partial charge in [-0.2, -0.15) is 0 Å². The van der Waals surface area contributed by atoms with Crippen LogP contribution in [0, 0.1) is 5.92 Å². The number of carbonyl (C=O) groups excluding carboxylic acids is 1.